The summed E-state index contributed by atoms with van der Waals surface area (Å²) in [7, 11) is -0.340. The van der Waals surface area contributed by atoms with Gasteiger partial charge in [-0.1, -0.05) is 44.2 Å². The fourth-order valence-corrected chi connectivity index (χ4v) is 2.44. The van der Waals surface area contributed by atoms with Gasteiger partial charge in [0.15, 0.2) is 0 Å². The van der Waals surface area contributed by atoms with E-state index < -0.39 is 0 Å². The summed E-state index contributed by atoms with van der Waals surface area (Å²) in [6, 6.07) is 10.3. The fraction of sp³-hybridized carbons (Fsp3) is 0.471. The van der Waals surface area contributed by atoms with Gasteiger partial charge < -0.3 is 9.31 Å². The van der Waals surface area contributed by atoms with Crippen molar-refractivity contribution in [2.45, 2.75) is 39.8 Å². The third-order valence-electron chi connectivity index (χ3n) is 4.74. The molecule has 1 aromatic carbocycles. The van der Waals surface area contributed by atoms with Gasteiger partial charge in [0, 0.05) is 29.9 Å². The van der Waals surface area contributed by atoms with Gasteiger partial charge in [-0.2, -0.15) is 5.10 Å². The summed E-state index contributed by atoms with van der Waals surface area (Å²) in [5.41, 5.74) is 1.95. The minimum Gasteiger partial charge on any atom is -0.407 e. The molecule has 0 radical (unpaired) electrons. The molecule has 1 aliphatic rings. The minimum atomic E-state index is -0.340. The molecule has 3 rings (SSSR count). The molecular weight excluding hydrogens is 275 g/mol. The smallest absolute Gasteiger partial charge is 0.407 e. The SMILES string of the molecule is CC1(C)COB(c2cnn(Cc3ccccc3)c2)OC1(C)C. The van der Waals surface area contributed by atoms with Crippen LogP contribution in [-0.2, 0) is 15.9 Å². The molecule has 0 amide bonds. The van der Waals surface area contributed by atoms with Gasteiger partial charge >= 0.3 is 7.12 Å². The van der Waals surface area contributed by atoms with E-state index in [0.29, 0.717) is 6.61 Å². The second-order valence-corrected chi connectivity index (χ2v) is 7.11. The van der Waals surface area contributed by atoms with Crippen LogP contribution < -0.4 is 5.46 Å². The Morgan fingerprint density at radius 3 is 2.59 bits per heavy atom. The summed E-state index contributed by atoms with van der Waals surface area (Å²) in [5, 5.41) is 4.43. The predicted octanol–water partition coefficient (Wildman–Crippen LogP) is 2.48. The van der Waals surface area contributed by atoms with E-state index in [0.717, 1.165) is 12.0 Å². The Hall–Kier alpha value is -1.59. The van der Waals surface area contributed by atoms with E-state index >= 15 is 0 Å². The van der Waals surface area contributed by atoms with Crippen molar-refractivity contribution in [3.05, 3.63) is 48.3 Å². The number of aromatic nitrogens is 2. The Morgan fingerprint density at radius 1 is 1.18 bits per heavy atom. The second kappa shape index (κ2) is 5.56. The molecule has 116 valence electrons. The minimum absolute atomic E-state index is 0.0104. The molecule has 0 unspecified atom stereocenters. The largest absolute Gasteiger partial charge is 0.497 e. The maximum atomic E-state index is 6.16. The monoisotopic (exact) mass is 298 g/mol. The van der Waals surface area contributed by atoms with E-state index in [-0.39, 0.29) is 18.1 Å². The highest BCUT2D eigenvalue weighted by Crippen LogP contribution is 2.37. The van der Waals surface area contributed by atoms with Crippen LogP contribution in [-0.4, -0.2) is 29.1 Å². The van der Waals surface area contributed by atoms with Crippen molar-refractivity contribution in [3.63, 3.8) is 0 Å². The van der Waals surface area contributed by atoms with Crippen LogP contribution in [0.2, 0.25) is 0 Å². The van der Waals surface area contributed by atoms with Crippen LogP contribution in [0.15, 0.2) is 42.7 Å². The normalized spacial score (nSPS) is 20.1. The molecule has 1 aromatic heterocycles. The van der Waals surface area contributed by atoms with Crippen molar-refractivity contribution < 1.29 is 9.31 Å². The van der Waals surface area contributed by atoms with Gasteiger partial charge in [0.2, 0.25) is 0 Å². The lowest BCUT2D eigenvalue weighted by Gasteiger charge is -2.47. The first-order chi connectivity index (χ1) is 10.4. The molecule has 0 saturated carbocycles. The lowest BCUT2D eigenvalue weighted by molar-refractivity contribution is -0.0937. The molecule has 1 saturated heterocycles. The molecular formula is C17H23BN2O2. The van der Waals surface area contributed by atoms with Crippen molar-refractivity contribution in [2.75, 3.05) is 6.61 Å². The van der Waals surface area contributed by atoms with E-state index in [1.165, 1.54) is 5.56 Å². The fourth-order valence-electron chi connectivity index (χ4n) is 2.44. The van der Waals surface area contributed by atoms with E-state index in [1.54, 1.807) is 0 Å². The third kappa shape index (κ3) is 2.96. The van der Waals surface area contributed by atoms with Crippen LogP contribution in [0.25, 0.3) is 0 Å². The van der Waals surface area contributed by atoms with Crippen LogP contribution in [0.5, 0.6) is 0 Å². The van der Waals surface area contributed by atoms with Crippen LogP contribution in [0, 0.1) is 5.41 Å². The second-order valence-electron chi connectivity index (χ2n) is 7.11. The highest BCUT2D eigenvalue weighted by Gasteiger charge is 2.47. The van der Waals surface area contributed by atoms with Crippen LogP contribution in [0.3, 0.4) is 0 Å². The zero-order valence-electron chi connectivity index (χ0n) is 13.7. The first-order valence-corrected chi connectivity index (χ1v) is 7.73. The molecule has 5 heteroatoms. The summed E-state index contributed by atoms with van der Waals surface area (Å²) in [4.78, 5) is 0. The molecule has 1 fully saturated rings. The van der Waals surface area contributed by atoms with Gasteiger partial charge in [-0.05, 0) is 19.4 Å². The molecule has 22 heavy (non-hydrogen) atoms. The Labute approximate surface area is 132 Å². The molecule has 1 aliphatic heterocycles. The Balaban J connectivity index is 1.72. The summed E-state index contributed by atoms with van der Waals surface area (Å²) in [6.07, 6.45) is 3.84. The number of hydrogen-bond donors (Lipinski definition) is 0. The van der Waals surface area contributed by atoms with Crippen molar-refractivity contribution in [1.82, 2.24) is 9.78 Å². The maximum absolute atomic E-state index is 6.16. The average molecular weight is 298 g/mol. The lowest BCUT2D eigenvalue weighted by atomic mass is 9.70. The van der Waals surface area contributed by atoms with Crippen LogP contribution >= 0.6 is 0 Å². The number of rotatable bonds is 3. The molecule has 4 nitrogen and oxygen atoms in total. The maximum Gasteiger partial charge on any atom is 0.497 e. The zero-order valence-corrected chi connectivity index (χ0v) is 13.7. The van der Waals surface area contributed by atoms with Crippen molar-refractivity contribution >= 4 is 12.6 Å². The molecule has 2 aromatic rings. The van der Waals surface area contributed by atoms with E-state index in [4.69, 9.17) is 9.31 Å². The quantitative estimate of drug-likeness (QED) is 0.817. The van der Waals surface area contributed by atoms with Gasteiger partial charge in [0.05, 0.1) is 12.1 Å². The van der Waals surface area contributed by atoms with Crippen molar-refractivity contribution in [3.8, 4) is 0 Å². The Morgan fingerprint density at radius 2 is 1.91 bits per heavy atom. The highest BCUT2D eigenvalue weighted by molar-refractivity contribution is 6.61. The van der Waals surface area contributed by atoms with Gasteiger partial charge in [-0.25, -0.2) is 0 Å². The molecule has 0 spiro atoms. The highest BCUT2D eigenvalue weighted by atomic mass is 16.6. The summed E-state index contributed by atoms with van der Waals surface area (Å²) in [5.74, 6) is 0. The Kier molecular flexibility index (Phi) is 3.87. The average Bonchev–Trinajstić information content (AvgIpc) is 2.91. The van der Waals surface area contributed by atoms with Gasteiger partial charge in [-0.15, -0.1) is 0 Å². The van der Waals surface area contributed by atoms with E-state index in [2.05, 4.69) is 44.9 Å². The summed E-state index contributed by atoms with van der Waals surface area (Å²) in [6.45, 7) is 10.0. The van der Waals surface area contributed by atoms with E-state index in [1.807, 2.05) is 35.3 Å². The molecule has 0 N–H and O–H groups in total. The summed E-state index contributed by atoms with van der Waals surface area (Å²) < 4.78 is 14.0. The topological polar surface area (TPSA) is 36.3 Å². The van der Waals surface area contributed by atoms with Crippen molar-refractivity contribution in [1.29, 1.82) is 0 Å². The predicted molar refractivity (Wildman–Crippen MR) is 88.1 cm³/mol. The lowest BCUT2D eigenvalue weighted by Crippen LogP contribution is -2.58. The number of nitrogens with zero attached hydrogens (tertiary/aromatic N) is 2. The standard InChI is InChI=1S/C17H23BN2O2/c1-16(2)13-21-18(22-17(16,3)4)15-10-19-20(12-15)11-14-8-6-5-7-9-14/h5-10,12H,11,13H2,1-4H3. The van der Waals surface area contributed by atoms with Crippen LogP contribution in [0.4, 0.5) is 0 Å². The first kappa shape index (κ1) is 15.3. The van der Waals surface area contributed by atoms with Gasteiger partial charge in [-0.3, -0.25) is 4.68 Å². The van der Waals surface area contributed by atoms with Crippen molar-refractivity contribution in [2.24, 2.45) is 5.41 Å². The molecule has 0 atom stereocenters. The summed E-state index contributed by atoms with van der Waals surface area (Å²) >= 11 is 0. The van der Waals surface area contributed by atoms with Crippen LogP contribution in [0.1, 0.15) is 33.3 Å². The molecule has 2 heterocycles. The molecule has 0 aliphatic carbocycles. The van der Waals surface area contributed by atoms with Gasteiger partial charge in [0.1, 0.15) is 0 Å². The van der Waals surface area contributed by atoms with Gasteiger partial charge in [0.25, 0.3) is 0 Å². The Bertz CT molecular complexity index is 637. The number of benzene rings is 1. The third-order valence-corrected chi connectivity index (χ3v) is 4.74. The number of hydrogen-bond acceptors (Lipinski definition) is 3. The molecule has 0 bridgehead atoms. The first-order valence-electron chi connectivity index (χ1n) is 7.73. The van der Waals surface area contributed by atoms with E-state index in [9.17, 15) is 0 Å². The zero-order chi connectivity index (χ0) is 15.8.